The van der Waals surface area contributed by atoms with Crippen LogP contribution in [0.1, 0.15) is 30.9 Å². The zero-order valence-electron chi connectivity index (χ0n) is 7.41. The molecule has 1 fully saturated rings. The normalized spacial score (nSPS) is 19.5. The van der Waals surface area contributed by atoms with Gasteiger partial charge in [0.2, 0.25) is 0 Å². The molecule has 1 N–H and O–H groups in total. The summed E-state index contributed by atoms with van der Waals surface area (Å²) in [6, 6.07) is 6.25. The van der Waals surface area contributed by atoms with Crippen LogP contribution in [-0.4, -0.2) is 5.11 Å². The smallest absolute Gasteiger partial charge is 0.123 e. The third-order valence-electron chi connectivity index (χ3n) is 2.79. The topological polar surface area (TPSA) is 20.2 Å². The van der Waals surface area contributed by atoms with E-state index in [-0.39, 0.29) is 5.82 Å². The Morgan fingerprint density at radius 3 is 2.69 bits per heavy atom. The quantitative estimate of drug-likeness (QED) is 0.741. The average molecular weight is 180 g/mol. The van der Waals surface area contributed by atoms with Crippen LogP contribution >= 0.6 is 0 Å². The molecule has 70 valence electrons. The van der Waals surface area contributed by atoms with Gasteiger partial charge in [0, 0.05) is 0 Å². The highest BCUT2D eigenvalue weighted by molar-refractivity contribution is 5.19. The fourth-order valence-electron chi connectivity index (χ4n) is 1.72. The van der Waals surface area contributed by atoms with Gasteiger partial charge in [-0.3, -0.25) is 0 Å². The van der Waals surface area contributed by atoms with Gasteiger partial charge in [-0.2, -0.15) is 0 Å². The lowest BCUT2D eigenvalue weighted by atomic mass is 9.79. The lowest BCUT2D eigenvalue weighted by Gasteiger charge is -2.30. The second kappa shape index (κ2) is 3.46. The predicted octanol–water partition coefficient (Wildman–Crippen LogP) is 2.66. The molecule has 1 aromatic rings. The average Bonchev–Trinajstić information content (AvgIpc) is 2.01. The van der Waals surface area contributed by atoms with Crippen LogP contribution in [0.2, 0.25) is 0 Å². The van der Waals surface area contributed by atoms with Crippen LogP contribution in [0.3, 0.4) is 0 Å². The highest BCUT2D eigenvalue weighted by Crippen LogP contribution is 2.37. The van der Waals surface area contributed by atoms with E-state index in [0.29, 0.717) is 11.5 Å². The second-order valence-electron chi connectivity index (χ2n) is 3.69. The van der Waals surface area contributed by atoms with Gasteiger partial charge in [-0.25, -0.2) is 4.39 Å². The van der Waals surface area contributed by atoms with Crippen molar-refractivity contribution < 1.29 is 9.50 Å². The lowest BCUT2D eigenvalue weighted by molar-refractivity contribution is 0.0618. The summed E-state index contributed by atoms with van der Waals surface area (Å²) in [4.78, 5) is 0. The molecule has 1 aliphatic rings. The molecule has 2 heteroatoms. The Labute approximate surface area is 77.2 Å². The van der Waals surface area contributed by atoms with E-state index in [1.807, 2.05) is 0 Å². The maximum absolute atomic E-state index is 12.8. The summed E-state index contributed by atoms with van der Waals surface area (Å²) in [5.41, 5.74) is 0.713. The maximum atomic E-state index is 12.8. The molecule has 1 aromatic carbocycles. The molecular weight excluding hydrogens is 167 g/mol. The molecule has 0 heterocycles. The van der Waals surface area contributed by atoms with Gasteiger partial charge in [0.1, 0.15) is 5.82 Å². The van der Waals surface area contributed by atoms with Gasteiger partial charge in [0.05, 0.1) is 6.10 Å². The van der Waals surface area contributed by atoms with Crippen LogP contribution in [0.25, 0.3) is 0 Å². The van der Waals surface area contributed by atoms with E-state index in [1.165, 1.54) is 18.6 Å². The van der Waals surface area contributed by atoms with Gasteiger partial charge in [-0.15, -0.1) is 0 Å². The Balaban J connectivity index is 2.14. The van der Waals surface area contributed by atoms with Crippen molar-refractivity contribution in [3.63, 3.8) is 0 Å². The standard InChI is InChI=1S/C11H13FO/c12-10-6-2-5-9(7-10)11(13)8-3-1-4-8/h2,5-8,11,13H,1,3-4H2/t11-/m0/s1. The van der Waals surface area contributed by atoms with Crippen molar-refractivity contribution in [2.24, 2.45) is 5.92 Å². The van der Waals surface area contributed by atoms with Crippen LogP contribution in [0, 0.1) is 11.7 Å². The summed E-state index contributed by atoms with van der Waals surface area (Å²) in [5.74, 6) is 0.0812. The third-order valence-corrected chi connectivity index (χ3v) is 2.79. The van der Waals surface area contributed by atoms with E-state index in [2.05, 4.69) is 0 Å². The molecule has 0 bridgehead atoms. The van der Waals surface area contributed by atoms with Crippen LogP contribution in [-0.2, 0) is 0 Å². The fraction of sp³-hybridized carbons (Fsp3) is 0.455. The summed E-state index contributed by atoms with van der Waals surface area (Å²) < 4.78 is 12.8. The number of aliphatic hydroxyl groups is 1. The summed E-state index contributed by atoms with van der Waals surface area (Å²) in [6.07, 6.45) is 2.86. The predicted molar refractivity (Wildman–Crippen MR) is 48.7 cm³/mol. The Hall–Kier alpha value is -0.890. The van der Waals surface area contributed by atoms with Gasteiger partial charge in [0.25, 0.3) is 0 Å². The molecule has 13 heavy (non-hydrogen) atoms. The molecule has 0 spiro atoms. The second-order valence-corrected chi connectivity index (χ2v) is 3.69. The molecule has 0 aliphatic heterocycles. The first kappa shape index (κ1) is 8.70. The van der Waals surface area contributed by atoms with Crippen molar-refractivity contribution >= 4 is 0 Å². The first-order valence-electron chi connectivity index (χ1n) is 4.71. The minimum atomic E-state index is -0.468. The number of aliphatic hydroxyl groups excluding tert-OH is 1. The summed E-state index contributed by atoms with van der Waals surface area (Å²) >= 11 is 0. The highest BCUT2D eigenvalue weighted by atomic mass is 19.1. The fourth-order valence-corrected chi connectivity index (χ4v) is 1.72. The van der Waals surface area contributed by atoms with Gasteiger partial charge in [-0.05, 0) is 36.5 Å². The van der Waals surface area contributed by atoms with E-state index in [1.54, 1.807) is 12.1 Å². The Bertz CT molecular complexity index is 294. The molecule has 1 nitrogen and oxygen atoms in total. The van der Waals surface area contributed by atoms with Crippen LogP contribution < -0.4 is 0 Å². The Morgan fingerprint density at radius 1 is 1.38 bits per heavy atom. The summed E-state index contributed by atoms with van der Waals surface area (Å²) in [7, 11) is 0. The van der Waals surface area contributed by atoms with Crippen molar-refractivity contribution in [2.75, 3.05) is 0 Å². The van der Waals surface area contributed by atoms with Gasteiger partial charge in [-0.1, -0.05) is 18.6 Å². The number of halogens is 1. The minimum Gasteiger partial charge on any atom is -0.388 e. The largest absolute Gasteiger partial charge is 0.388 e. The van der Waals surface area contributed by atoms with E-state index in [9.17, 15) is 9.50 Å². The lowest BCUT2D eigenvalue weighted by Crippen LogP contribution is -2.19. The Kier molecular flexibility index (Phi) is 2.32. The molecule has 1 aliphatic carbocycles. The number of benzene rings is 1. The number of hydrogen-bond acceptors (Lipinski definition) is 1. The van der Waals surface area contributed by atoms with Crippen LogP contribution in [0.4, 0.5) is 4.39 Å². The molecule has 0 saturated heterocycles. The van der Waals surface area contributed by atoms with Crippen molar-refractivity contribution in [3.05, 3.63) is 35.6 Å². The molecule has 0 aromatic heterocycles. The summed E-state index contributed by atoms with van der Waals surface area (Å²) in [5, 5.41) is 9.80. The van der Waals surface area contributed by atoms with Crippen molar-refractivity contribution in [1.29, 1.82) is 0 Å². The molecule has 2 rings (SSSR count). The molecule has 0 unspecified atom stereocenters. The van der Waals surface area contributed by atoms with Crippen molar-refractivity contribution in [1.82, 2.24) is 0 Å². The van der Waals surface area contributed by atoms with E-state index in [0.717, 1.165) is 12.8 Å². The number of hydrogen-bond donors (Lipinski definition) is 1. The molecule has 0 radical (unpaired) electrons. The van der Waals surface area contributed by atoms with E-state index in [4.69, 9.17) is 0 Å². The van der Waals surface area contributed by atoms with Crippen LogP contribution in [0.5, 0.6) is 0 Å². The molecule has 1 saturated carbocycles. The van der Waals surface area contributed by atoms with Crippen molar-refractivity contribution in [2.45, 2.75) is 25.4 Å². The zero-order valence-corrected chi connectivity index (χ0v) is 7.41. The molecule has 1 atom stereocenters. The van der Waals surface area contributed by atoms with Gasteiger partial charge < -0.3 is 5.11 Å². The molecular formula is C11H13FO. The Morgan fingerprint density at radius 2 is 2.15 bits per heavy atom. The van der Waals surface area contributed by atoms with Gasteiger partial charge >= 0.3 is 0 Å². The van der Waals surface area contributed by atoms with Crippen LogP contribution in [0.15, 0.2) is 24.3 Å². The zero-order chi connectivity index (χ0) is 9.26. The maximum Gasteiger partial charge on any atom is 0.123 e. The minimum absolute atomic E-state index is 0.268. The first-order valence-corrected chi connectivity index (χ1v) is 4.71. The van der Waals surface area contributed by atoms with E-state index >= 15 is 0 Å². The first-order chi connectivity index (χ1) is 6.27. The monoisotopic (exact) mass is 180 g/mol. The highest BCUT2D eigenvalue weighted by Gasteiger charge is 2.26. The number of rotatable bonds is 2. The summed E-state index contributed by atoms with van der Waals surface area (Å²) in [6.45, 7) is 0. The molecule has 0 amide bonds. The van der Waals surface area contributed by atoms with E-state index < -0.39 is 6.10 Å². The van der Waals surface area contributed by atoms with Crippen molar-refractivity contribution in [3.8, 4) is 0 Å². The SMILES string of the molecule is O[C@H](c1cccc(F)c1)C1CCC1. The van der Waals surface area contributed by atoms with Gasteiger partial charge in [0.15, 0.2) is 0 Å². The third kappa shape index (κ3) is 1.73.